The van der Waals surface area contributed by atoms with Gasteiger partial charge in [0.15, 0.2) is 5.70 Å². The number of allylic oxidation sites excluding steroid dienone is 1. The van der Waals surface area contributed by atoms with Gasteiger partial charge in [-0.3, -0.25) is 4.48 Å². The molecule has 2 nitrogen and oxygen atoms in total. The van der Waals surface area contributed by atoms with Crippen molar-refractivity contribution in [2.75, 3.05) is 19.4 Å². The number of hydrogen-bond acceptors (Lipinski definition) is 1. The van der Waals surface area contributed by atoms with Gasteiger partial charge < -0.3 is 5.32 Å². The Morgan fingerprint density at radius 1 is 0.923 bits per heavy atom. The van der Waals surface area contributed by atoms with E-state index in [0.29, 0.717) is 4.48 Å². The highest BCUT2D eigenvalue weighted by Crippen LogP contribution is 2.49. The molecular formula is C24H25N2+. The molecule has 1 aliphatic rings. The first-order valence-corrected chi connectivity index (χ1v) is 9.15. The fourth-order valence-corrected chi connectivity index (χ4v) is 4.24. The van der Waals surface area contributed by atoms with Crippen molar-refractivity contribution in [2.24, 2.45) is 0 Å². The topological polar surface area (TPSA) is 12.0 Å². The Bertz CT molecular complexity index is 1030. The van der Waals surface area contributed by atoms with Crippen molar-refractivity contribution in [1.82, 2.24) is 4.48 Å². The van der Waals surface area contributed by atoms with E-state index in [-0.39, 0.29) is 0 Å². The Morgan fingerprint density at radius 3 is 2.35 bits per heavy atom. The molecule has 0 fully saturated rings. The fourth-order valence-electron chi connectivity index (χ4n) is 4.24. The fraction of sp³-hybridized carbons (Fsp3) is 0.167. The van der Waals surface area contributed by atoms with Crippen LogP contribution in [0.2, 0.25) is 0 Å². The van der Waals surface area contributed by atoms with E-state index in [1.807, 2.05) is 18.2 Å². The minimum Gasteiger partial charge on any atom is -0.351 e. The first kappa shape index (κ1) is 16.6. The maximum absolute atomic E-state index is 4.40. The second-order valence-electron chi connectivity index (χ2n) is 7.28. The summed E-state index contributed by atoms with van der Waals surface area (Å²) in [5.74, 6) is 0. The van der Waals surface area contributed by atoms with Crippen LogP contribution in [0.1, 0.15) is 18.9 Å². The van der Waals surface area contributed by atoms with E-state index < -0.39 is 0 Å². The van der Waals surface area contributed by atoms with E-state index in [9.17, 15) is 0 Å². The molecule has 1 N–H and O–H groups in total. The number of likely N-dealkylation sites (N-methyl/N-ethyl adjacent to an activating group) is 1. The van der Waals surface area contributed by atoms with Crippen LogP contribution in [0, 0.1) is 0 Å². The lowest BCUT2D eigenvalue weighted by molar-refractivity contribution is 0.514. The summed E-state index contributed by atoms with van der Waals surface area (Å²) < 4.78 is 0.710. The molecule has 1 heterocycles. The van der Waals surface area contributed by atoms with Crippen LogP contribution in [0.4, 0.5) is 11.4 Å². The quantitative estimate of drug-likeness (QED) is 0.560. The van der Waals surface area contributed by atoms with Gasteiger partial charge in [0.25, 0.3) is 0 Å². The van der Waals surface area contributed by atoms with Gasteiger partial charge in [-0.05, 0) is 35.4 Å². The van der Waals surface area contributed by atoms with E-state index in [1.165, 1.54) is 33.3 Å². The largest absolute Gasteiger partial charge is 0.351 e. The van der Waals surface area contributed by atoms with Crippen LogP contribution >= 0.6 is 0 Å². The number of nitrogens with one attached hydrogen (secondary N) is 1. The van der Waals surface area contributed by atoms with Crippen molar-refractivity contribution in [3.8, 4) is 0 Å². The van der Waals surface area contributed by atoms with Crippen LogP contribution in [0.5, 0.6) is 0 Å². The van der Waals surface area contributed by atoms with Crippen LogP contribution in [-0.2, 0) is 0 Å². The Labute approximate surface area is 155 Å². The Morgan fingerprint density at radius 2 is 1.62 bits per heavy atom. The number of para-hydroxylation sites is 1. The molecule has 0 unspecified atom stereocenters. The number of hydrogen-bond donors (Lipinski definition) is 1. The number of anilines is 1. The van der Waals surface area contributed by atoms with Gasteiger partial charge in [0, 0.05) is 17.3 Å². The summed E-state index contributed by atoms with van der Waals surface area (Å²) in [6, 6.07) is 23.4. The third-order valence-corrected chi connectivity index (χ3v) is 5.36. The zero-order valence-corrected chi connectivity index (χ0v) is 15.7. The molecule has 0 atom stereocenters. The summed E-state index contributed by atoms with van der Waals surface area (Å²) >= 11 is 0. The normalized spacial score (nSPS) is 15.2. The molecule has 1 aliphatic heterocycles. The average Bonchev–Trinajstić information content (AvgIpc) is 2.89. The maximum atomic E-state index is 4.40. The molecule has 3 aromatic carbocycles. The van der Waals surface area contributed by atoms with Gasteiger partial charge in [-0.25, -0.2) is 0 Å². The minimum absolute atomic E-state index is 0.710. The van der Waals surface area contributed by atoms with Crippen molar-refractivity contribution < 1.29 is 0 Å². The predicted molar refractivity (Wildman–Crippen MR) is 114 cm³/mol. The summed E-state index contributed by atoms with van der Waals surface area (Å²) in [5.41, 5.74) is 7.41. The Kier molecular flexibility index (Phi) is 3.93. The Balaban J connectivity index is 1.89. The zero-order chi connectivity index (χ0) is 18.3. The summed E-state index contributed by atoms with van der Waals surface area (Å²) in [6.45, 7) is 6.64. The van der Waals surface area contributed by atoms with Gasteiger partial charge in [0.2, 0.25) is 0 Å². The van der Waals surface area contributed by atoms with Gasteiger partial charge in [-0.2, -0.15) is 0 Å². The van der Waals surface area contributed by atoms with Gasteiger partial charge in [0.05, 0.1) is 25.4 Å². The second kappa shape index (κ2) is 6.15. The summed E-state index contributed by atoms with van der Waals surface area (Å²) in [4.78, 5) is 0. The van der Waals surface area contributed by atoms with Crippen LogP contribution in [-0.4, -0.2) is 14.1 Å². The summed E-state index contributed by atoms with van der Waals surface area (Å²) in [5, 5.41) is 6.14. The lowest BCUT2D eigenvalue weighted by Crippen LogP contribution is -2.39. The molecule has 3 aromatic rings. The molecule has 130 valence electrons. The summed E-state index contributed by atoms with van der Waals surface area (Å²) in [7, 11) is 4.51. The van der Waals surface area contributed by atoms with E-state index in [0.717, 1.165) is 17.8 Å². The monoisotopic (exact) mass is 341 g/mol. The number of fused-ring (bicyclic) bond motifs is 3. The predicted octanol–water partition coefficient (Wildman–Crippen LogP) is 6.17. The van der Waals surface area contributed by atoms with Crippen molar-refractivity contribution >= 4 is 27.7 Å². The standard InChI is InChI=1S/C24H25N2/c1-5-20-23-21-14-10-9-11-18(21)15-16-22(23)26(3,4)24(20)17(2)25-19-12-7-6-8-13-19/h6-16,25H,2,5H2,1,3-4H3/q+1. The molecule has 0 amide bonds. The van der Waals surface area contributed by atoms with Gasteiger partial charge in [0.1, 0.15) is 5.69 Å². The summed E-state index contributed by atoms with van der Waals surface area (Å²) in [6.07, 6.45) is 0.980. The number of benzene rings is 3. The van der Waals surface area contributed by atoms with Crippen LogP contribution in [0.3, 0.4) is 0 Å². The van der Waals surface area contributed by atoms with Crippen molar-refractivity contribution in [1.29, 1.82) is 0 Å². The van der Waals surface area contributed by atoms with Crippen LogP contribution in [0.15, 0.2) is 84.7 Å². The maximum Gasteiger partial charge on any atom is 0.164 e. The van der Waals surface area contributed by atoms with E-state index in [1.54, 1.807) is 0 Å². The molecule has 0 aromatic heterocycles. The SMILES string of the molecule is C=C(Nc1ccccc1)C1=C(CC)c2c(ccc3ccccc23)[N+]1(C)C. The molecule has 4 rings (SSSR count). The molecule has 26 heavy (non-hydrogen) atoms. The third kappa shape index (κ3) is 2.46. The molecule has 0 saturated heterocycles. The number of rotatable bonds is 4. The van der Waals surface area contributed by atoms with Crippen molar-refractivity contribution in [2.45, 2.75) is 13.3 Å². The van der Waals surface area contributed by atoms with Gasteiger partial charge in [-0.15, -0.1) is 0 Å². The van der Waals surface area contributed by atoms with Crippen molar-refractivity contribution in [3.05, 3.63) is 90.3 Å². The van der Waals surface area contributed by atoms with E-state index in [2.05, 4.69) is 81.4 Å². The van der Waals surface area contributed by atoms with E-state index in [4.69, 9.17) is 0 Å². The molecule has 0 saturated carbocycles. The highest BCUT2D eigenvalue weighted by molar-refractivity contribution is 6.03. The Hall–Kier alpha value is -2.84. The van der Waals surface area contributed by atoms with Gasteiger partial charge in [-0.1, -0.05) is 56.0 Å². The molecule has 0 bridgehead atoms. The third-order valence-electron chi connectivity index (χ3n) is 5.36. The van der Waals surface area contributed by atoms with E-state index >= 15 is 0 Å². The second-order valence-corrected chi connectivity index (χ2v) is 7.28. The van der Waals surface area contributed by atoms with Crippen LogP contribution < -0.4 is 9.80 Å². The lowest BCUT2D eigenvalue weighted by Gasteiger charge is -2.29. The first-order valence-electron chi connectivity index (χ1n) is 9.15. The lowest BCUT2D eigenvalue weighted by atomic mass is 9.96. The van der Waals surface area contributed by atoms with Crippen molar-refractivity contribution in [3.63, 3.8) is 0 Å². The highest BCUT2D eigenvalue weighted by Gasteiger charge is 2.41. The number of nitrogens with zero attached hydrogens (tertiary/aromatic N) is 1. The van der Waals surface area contributed by atoms with Crippen LogP contribution in [0.25, 0.3) is 16.3 Å². The molecule has 2 heteroatoms. The molecule has 0 radical (unpaired) electrons. The van der Waals surface area contributed by atoms with Gasteiger partial charge >= 0.3 is 0 Å². The molecule has 0 spiro atoms. The average molecular weight is 341 g/mol. The smallest absolute Gasteiger partial charge is 0.164 e. The molecule has 0 aliphatic carbocycles. The zero-order valence-electron chi connectivity index (χ0n) is 15.7. The first-order chi connectivity index (χ1) is 12.5. The molecular weight excluding hydrogens is 316 g/mol. The highest BCUT2D eigenvalue weighted by atomic mass is 15.3. The minimum atomic E-state index is 0.710. The number of quaternary nitrogens is 1.